The zero-order chi connectivity index (χ0) is 11.9. The molecule has 1 aromatic heterocycles. The molecule has 0 saturated carbocycles. The van der Waals surface area contributed by atoms with E-state index in [1.807, 2.05) is 12.4 Å². The molecule has 0 radical (unpaired) electrons. The van der Waals surface area contributed by atoms with Crippen LogP contribution in [0.5, 0.6) is 5.75 Å². The summed E-state index contributed by atoms with van der Waals surface area (Å²) in [5.41, 5.74) is 3.58. The number of benzene rings is 2. The molecule has 3 aromatic rings. The highest BCUT2D eigenvalue weighted by Gasteiger charge is 2.19. The molecule has 2 heteroatoms. The number of hydrogen-bond donors (Lipinski definition) is 0. The standard InChI is InChI=1S/C16H11NO/c1-2-4-13-11(3-1)5-6-15-16(13)14-7-8-17-9-12(14)10-18-15/h1-9H,10H2. The van der Waals surface area contributed by atoms with Crippen molar-refractivity contribution in [3.63, 3.8) is 0 Å². The number of hydrogen-bond acceptors (Lipinski definition) is 2. The fourth-order valence-electron chi connectivity index (χ4n) is 2.59. The second-order valence-corrected chi connectivity index (χ2v) is 4.48. The molecule has 0 bridgehead atoms. The Kier molecular flexibility index (Phi) is 1.92. The minimum atomic E-state index is 0.606. The highest BCUT2D eigenvalue weighted by atomic mass is 16.5. The topological polar surface area (TPSA) is 22.1 Å². The van der Waals surface area contributed by atoms with E-state index in [0.29, 0.717) is 6.61 Å². The average Bonchev–Trinajstić information content (AvgIpc) is 2.46. The van der Waals surface area contributed by atoms with Crippen LogP contribution in [0.1, 0.15) is 5.56 Å². The maximum atomic E-state index is 5.82. The number of pyridine rings is 1. The van der Waals surface area contributed by atoms with E-state index in [1.54, 1.807) is 0 Å². The van der Waals surface area contributed by atoms with E-state index in [2.05, 4.69) is 47.4 Å². The van der Waals surface area contributed by atoms with Crippen LogP contribution in [-0.2, 0) is 6.61 Å². The van der Waals surface area contributed by atoms with E-state index in [-0.39, 0.29) is 0 Å². The van der Waals surface area contributed by atoms with Gasteiger partial charge in [0.05, 0.1) is 0 Å². The van der Waals surface area contributed by atoms with Gasteiger partial charge in [-0.3, -0.25) is 4.98 Å². The lowest BCUT2D eigenvalue weighted by Gasteiger charge is -2.21. The van der Waals surface area contributed by atoms with Crippen molar-refractivity contribution in [3.05, 3.63) is 60.4 Å². The molecule has 0 fully saturated rings. The van der Waals surface area contributed by atoms with Gasteiger partial charge in [0.2, 0.25) is 0 Å². The SMILES string of the molecule is c1ccc2c3c(ccc2c1)OCc1cnccc1-3. The Morgan fingerprint density at radius 2 is 1.94 bits per heavy atom. The van der Waals surface area contributed by atoms with E-state index in [0.717, 1.165) is 11.3 Å². The zero-order valence-corrected chi connectivity index (χ0v) is 9.76. The highest BCUT2D eigenvalue weighted by molar-refractivity contribution is 6.00. The van der Waals surface area contributed by atoms with Crippen molar-refractivity contribution < 1.29 is 4.74 Å². The zero-order valence-electron chi connectivity index (χ0n) is 9.76. The molecule has 0 amide bonds. The third kappa shape index (κ3) is 1.26. The lowest BCUT2D eigenvalue weighted by Crippen LogP contribution is -2.06. The molecule has 0 atom stereocenters. The van der Waals surface area contributed by atoms with Gasteiger partial charge in [-0.15, -0.1) is 0 Å². The van der Waals surface area contributed by atoms with Crippen molar-refractivity contribution in [1.29, 1.82) is 0 Å². The van der Waals surface area contributed by atoms with Gasteiger partial charge in [-0.25, -0.2) is 0 Å². The van der Waals surface area contributed by atoms with Gasteiger partial charge in [0.25, 0.3) is 0 Å². The Morgan fingerprint density at radius 1 is 1.00 bits per heavy atom. The highest BCUT2D eigenvalue weighted by Crippen LogP contribution is 2.41. The fourth-order valence-corrected chi connectivity index (χ4v) is 2.59. The van der Waals surface area contributed by atoms with Gasteiger partial charge in [-0.2, -0.15) is 0 Å². The van der Waals surface area contributed by atoms with Gasteiger partial charge in [0, 0.05) is 23.5 Å². The van der Waals surface area contributed by atoms with Crippen molar-refractivity contribution in [2.24, 2.45) is 0 Å². The first kappa shape index (κ1) is 9.66. The average molecular weight is 233 g/mol. The first-order valence-corrected chi connectivity index (χ1v) is 6.01. The van der Waals surface area contributed by atoms with Gasteiger partial charge < -0.3 is 4.74 Å². The van der Waals surface area contributed by atoms with Gasteiger partial charge in [0.15, 0.2) is 0 Å². The molecule has 0 aliphatic carbocycles. The molecular weight excluding hydrogens is 222 g/mol. The van der Waals surface area contributed by atoms with Crippen LogP contribution in [0.3, 0.4) is 0 Å². The van der Waals surface area contributed by atoms with E-state index >= 15 is 0 Å². The Labute approximate surface area is 105 Å². The molecular formula is C16H11NO. The van der Waals surface area contributed by atoms with Crippen LogP contribution in [0.2, 0.25) is 0 Å². The molecule has 0 unspecified atom stereocenters. The molecule has 86 valence electrons. The van der Waals surface area contributed by atoms with Crippen molar-refractivity contribution in [2.75, 3.05) is 0 Å². The summed E-state index contributed by atoms with van der Waals surface area (Å²) < 4.78 is 5.82. The summed E-state index contributed by atoms with van der Waals surface area (Å²) in [6.07, 6.45) is 3.73. The summed E-state index contributed by atoms with van der Waals surface area (Å²) in [4.78, 5) is 4.17. The van der Waals surface area contributed by atoms with Crippen molar-refractivity contribution in [1.82, 2.24) is 4.98 Å². The Hall–Kier alpha value is -2.35. The van der Waals surface area contributed by atoms with Crippen LogP contribution in [0, 0.1) is 0 Å². The number of ether oxygens (including phenoxy) is 1. The van der Waals surface area contributed by atoms with Crippen molar-refractivity contribution >= 4 is 10.8 Å². The van der Waals surface area contributed by atoms with Crippen molar-refractivity contribution in [2.45, 2.75) is 6.61 Å². The van der Waals surface area contributed by atoms with Crippen LogP contribution in [0.25, 0.3) is 21.9 Å². The van der Waals surface area contributed by atoms with Crippen LogP contribution < -0.4 is 4.74 Å². The van der Waals surface area contributed by atoms with E-state index in [9.17, 15) is 0 Å². The molecule has 0 saturated heterocycles. The summed E-state index contributed by atoms with van der Waals surface area (Å²) in [5.74, 6) is 0.965. The molecule has 0 N–H and O–H groups in total. The molecule has 2 nitrogen and oxygen atoms in total. The monoisotopic (exact) mass is 233 g/mol. The predicted octanol–water partition coefficient (Wildman–Crippen LogP) is 3.79. The van der Waals surface area contributed by atoms with Gasteiger partial charge in [0.1, 0.15) is 12.4 Å². The van der Waals surface area contributed by atoms with Crippen LogP contribution >= 0.6 is 0 Å². The van der Waals surface area contributed by atoms with Crippen molar-refractivity contribution in [3.8, 4) is 16.9 Å². The molecule has 1 aliphatic rings. The minimum absolute atomic E-state index is 0.606. The Balaban J connectivity index is 2.15. The lowest BCUT2D eigenvalue weighted by molar-refractivity contribution is 0.302. The molecule has 2 heterocycles. The predicted molar refractivity (Wildman–Crippen MR) is 71.5 cm³/mol. The van der Waals surface area contributed by atoms with Gasteiger partial charge in [-0.1, -0.05) is 30.3 Å². The Morgan fingerprint density at radius 3 is 2.94 bits per heavy atom. The quantitative estimate of drug-likeness (QED) is 0.589. The van der Waals surface area contributed by atoms with Crippen LogP contribution in [0.15, 0.2) is 54.9 Å². The smallest absolute Gasteiger partial charge is 0.128 e. The molecule has 18 heavy (non-hydrogen) atoms. The number of rotatable bonds is 0. The molecule has 0 spiro atoms. The van der Waals surface area contributed by atoms with E-state index in [1.165, 1.54) is 21.9 Å². The molecule has 4 rings (SSSR count). The summed E-state index contributed by atoms with van der Waals surface area (Å²) >= 11 is 0. The van der Waals surface area contributed by atoms with E-state index < -0.39 is 0 Å². The second-order valence-electron chi connectivity index (χ2n) is 4.48. The first-order valence-electron chi connectivity index (χ1n) is 6.01. The maximum Gasteiger partial charge on any atom is 0.128 e. The van der Waals surface area contributed by atoms with Gasteiger partial charge >= 0.3 is 0 Å². The maximum absolute atomic E-state index is 5.82. The second kappa shape index (κ2) is 3.57. The summed E-state index contributed by atoms with van der Waals surface area (Å²) in [6, 6.07) is 14.6. The summed E-state index contributed by atoms with van der Waals surface area (Å²) in [7, 11) is 0. The van der Waals surface area contributed by atoms with Crippen LogP contribution in [0.4, 0.5) is 0 Å². The summed E-state index contributed by atoms with van der Waals surface area (Å²) in [5, 5.41) is 2.48. The number of nitrogens with zero attached hydrogens (tertiary/aromatic N) is 1. The lowest BCUT2D eigenvalue weighted by atomic mass is 9.93. The molecule has 1 aliphatic heterocycles. The van der Waals surface area contributed by atoms with E-state index in [4.69, 9.17) is 4.74 Å². The third-order valence-electron chi connectivity index (χ3n) is 3.45. The summed E-state index contributed by atoms with van der Waals surface area (Å²) in [6.45, 7) is 0.606. The largest absolute Gasteiger partial charge is 0.488 e. The first-order chi connectivity index (χ1) is 8.93. The number of fused-ring (bicyclic) bond motifs is 5. The third-order valence-corrected chi connectivity index (χ3v) is 3.45. The number of aromatic nitrogens is 1. The van der Waals surface area contributed by atoms with Crippen LogP contribution in [-0.4, -0.2) is 4.98 Å². The van der Waals surface area contributed by atoms with Gasteiger partial charge in [-0.05, 0) is 28.5 Å². The molecule has 2 aromatic carbocycles. The minimum Gasteiger partial charge on any atom is -0.488 e. The fraction of sp³-hybridized carbons (Fsp3) is 0.0625. The normalized spacial score (nSPS) is 12.7. The Bertz CT molecular complexity index is 749.